The Kier molecular flexibility index (Phi) is 3.59. The Hall–Kier alpha value is -1.28. The molecule has 0 aliphatic heterocycles. The molecule has 0 bridgehead atoms. The first-order valence-electron chi connectivity index (χ1n) is 7.88. The lowest BCUT2D eigenvalue weighted by Gasteiger charge is -2.21. The maximum absolute atomic E-state index is 6.15. The molecule has 1 unspecified atom stereocenters. The van der Waals surface area contributed by atoms with Gasteiger partial charge in [0.15, 0.2) is 0 Å². The lowest BCUT2D eigenvalue weighted by molar-refractivity contribution is 0.442. The van der Waals surface area contributed by atoms with E-state index in [4.69, 9.17) is 5.73 Å². The largest absolute Gasteiger partial charge is 0.350 e. The van der Waals surface area contributed by atoms with Crippen molar-refractivity contribution in [3.05, 3.63) is 35.0 Å². The number of aromatic nitrogens is 1. The molecule has 2 nitrogen and oxygen atoms in total. The number of rotatable bonds is 3. The minimum atomic E-state index is 0.530. The summed E-state index contributed by atoms with van der Waals surface area (Å²) in [7, 11) is 2.16. The fourth-order valence-corrected chi connectivity index (χ4v) is 4.22. The van der Waals surface area contributed by atoms with E-state index in [-0.39, 0.29) is 0 Å². The normalized spacial score (nSPS) is 18.0. The summed E-state index contributed by atoms with van der Waals surface area (Å²) < 4.78 is 2.29. The van der Waals surface area contributed by atoms with Gasteiger partial charge in [0.2, 0.25) is 0 Å². The van der Waals surface area contributed by atoms with E-state index in [1.807, 2.05) is 0 Å². The highest BCUT2D eigenvalue weighted by Gasteiger charge is 2.27. The molecule has 1 saturated carbocycles. The van der Waals surface area contributed by atoms with Gasteiger partial charge in [0.25, 0.3) is 0 Å². The lowest BCUT2D eigenvalue weighted by Crippen LogP contribution is -2.19. The van der Waals surface area contributed by atoms with Crippen molar-refractivity contribution in [2.75, 3.05) is 6.54 Å². The highest BCUT2D eigenvalue weighted by atomic mass is 14.9. The summed E-state index contributed by atoms with van der Waals surface area (Å²) in [6.45, 7) is 5.18. The summed E-state index contributed by atoms with van der Waals surface area (Å²) >= 11 is 0. The number of nitrogens with zero attached hydrogens (tertiary/aromatic N) is 1. The highest BCUT2D eigenvalue weighted by molar-refractivity contribution is 5.88. The molecule has 0 amide bonds. The van der Waals surface area contributed by atoms with E-state index in [0.717, 1.165) is 12.5 Å². The first kappa shape index (κ1) is 13.7. The average molecular weight is 270 g/mol. The van der Waals surface area contributed by atoms with E-state index >= 15 is 0 Å². The van der Waals surface area contributed by atoms with Crippen LogP contribution in [0, 0.1) is 19.8 Å². The van der Waals surface area contributed by atoms with Crippen LogP contribution in [0.25, 0.3) is 10.9 Å². The fraction of sp³-hybridized carbons (Fsp3) is 0.556. The molecule has 0 saturated heterocycles. The van der Waals surface area contributed by atoms with Crippen molar-refractivity contribution in [1.82, 2.24) is 4.57 Å². The van der Waals surface area contributed by atoms with Gasteiger partial charge in [-0.25, -0.2) is 0 Å². The summed E-state index contributed by atoms with van der Waals surface area (Å²) in [5, 5.41) is 1.42. The molecular weight excluding hydrogens is 244 g/mol. The van der Waals surface area contributed by atoms with Gasteiger partial charge in [-0.1, -0.05) is 24.5 Å². The molecule has 1 aliphatic carbocycles. The zero-order valence-electron chi connectivity index (χ0n) is 12.9. The highest BCUT2D eigenvalue weighted by Crippen LogP contribution is 2.40. The van der Waals surface area contributed by atoms with Crippen LogP contribution < -0.4 is 5.73 Å². The molecular formula is C18H26N2. The molecule has 0 spiro atoms. The van der Waals surface area contributed by atoms with Gasteiger partial charge >= 0.3 is 0 Å². The Balaban J connectivity index is 2.14. The fourth-order valence-electron chi connectivity index (χ4n) is 4.22. The van der Waals surface area contributed by atoms with Crippen LogP contribution in [0.5, 0.6) is 0 Å². The predicted octanol–water partition coefficient (Wildman–Crippen LogP) is 4.03. The number of hydrogen-bond donors (Lipinski definition) is 1. The van der Waals surface area contributed by atoms with Crippen molar-refractivity contribution in [3.8, 4) is 0 Å². The number of hydrogen-bond acceptors (Lipinski definition) is 1. The Bertz CT molecular complexity index is 618. The average Bonchev–Trinajstić information content (AvgIpc) is 3.00. The third kappa shape index (κ3) is 2.16. The van der Waals surface area contributed by atoms with Crippen molar-refractivity contribution in [2.45, 2.75) is 45.4 Å². The van der Waals surface area contributed by atoms with Crippen molar-refractivity contribution in [3.63, 3.8) is 0 Å². The van der Waals surface area contributed by atoms with E-state index < -0.39 is 0 Å². The molecule has 0 radical (unpaired) electrons. The number of nitrogens with two attached hydrogens (primary N) is 1. The maximum atomic E-state index is 6.15. The molecule has 1 heterocycles. The van der Waals surface area contributed by atoms with Gasteiger partial charge in [-0.05, 0) is 56.3 Å². The SMILES string of the molecule is Cc1cc(C)c2c(c1)c(C(CN)C1CCCC1)cn2C. The molecule has 1 aromatic heterocycles. The molecule has 2 N–H and O–H groups in total. The standard InChI is InChI=1S/C18H26N2/c1-12-8-13(2)18-15(9-12)17(11-20(18)3)16(10-19)14-6-4-5-7-14/h8-9,11,14,16H,4-7,10,19H2,1-3H3. The van der Waals surface area contributed by atoms with Gasteiger partial charge in [-0.2, -0.15) is 0 Å². The second-order valence-corrected chi connectivity index (χ2v) is 6.56. The zero-order valence-corrected chi connectivity index (χ0v) is 12.9. The third-order valence-corrected chi connectivity index (χ3v) is 5.06. The molecule has 1 aromatic carbocycles. The van der Waals surface area contributed by atoms with Gasteiger partial charge in [0.05, 0.1) is 5.52 Å². The van der Waals surface area contributed by atoms with Crippen LogP contribution in [-0.4, -0.2) is 11.1 Å². The summed E-state index contributed by atoms with van der Waals surface area (Å²) in [5.74, 6) is 1.31. The van der Waals surface area contributed by atoms with Crippen molar-refractivity contribution >= 4 is 10.9 Å². The van der Waals surface area contributed by atoms with Crippen molar-refractivity contribution in [2.24, 2.45) is 18.7 Å². The smallest absolute Gasteiger partial charge is 0.0510 e. The van der Waals surface area contributed by atoms with Gasteiger partial charge < -0.3 is 10.3 Å². The number of benzene rings is 1. The van der Waals surface area contributed by atoms with Crippen LogP contribution in [0.15, 0.2) is 18.3 Å². The third-order valence-electron chi connectivity index (χ3n) is 5.06. The van der Waals surface area contributed by atoms with Gasteiger partial charge in [0, 0.05) is 24.5 Å². The van der Waals surface area contributed by atoms with Crippen LogP contribution in [-0.2, 0) is 7.05 Å². The quantitative estimate of drug-likeness (QED) is 0.897. The lowest BCUT2D eigenvalue weighted by atomic mass is 9.84. The van der Waals surface area contributed by atoms with Crippen LogP contribution in [0.2, 0.25) is 0 Å². The molecule has 1 fully saturated rings. The molecule has 20 heavy (non-hydrogen) atoms. The number of fused-ring (bicyclic) bond motifs is 1. The van der Waals surface area contributed by atoms with Gasteiger partial charge in [-0.15, -0.1) is 0 Å². The summed E-state index contributed by atoms with van der Waals surface area (Å²) in [4.78, 5) is 0. The minimum absolute atomic E-state index is 0.530. The summed E-state index contributed by atoms with van der Waals surface area (Å²) in [5.41, 5.74) is 11.7. The van der Waals surface area contributed by atoms with Gasteiger partial charge in [0.1, 0.15) is 0 Å². The molecule has 2 aromatic rings. The Morgan fingerprint density at radius 3 is 2.60 bits per heavy atom. The zero-order chi connectivity index (χ0) is 14.3. The second-order valence-electron chi connectivity index (χ2n) is 6.56. The van der Waals surface area contributed by atoms with Crippen molar-refractivity contribution < 1.29 is 0 Å². The van der Waals surface area contributed by atoms with Crippen LogP contribution in [0.1, 0.15) is 48.3 Å². The first-order valence-corrected chi connectivity index (χ1v) is 7.88. The van der Waals surface area contributed by atoms with Gasteiger partial charge in [-0.3, -0.25) is 0 Å². The van der Waals surface area contributed by atoms with Crippen molar-refractivity contribution in [1.29, 1.82) is 0 Å². The topological polar surface area (TPSA) is 30.9 Å². The summed E-state index contributed by atoms with van der Waals surface area (Å²) in [6.07, 6.45) is 7.78. The predicted molar refractivity (Wildman–Crippen MR) is 86.1 cm³/mol. The second kappa shape index (κ2) is 5.25. The first-order chi connectivity index (χ1) is 9.61. The molecule has 108 valence electrons. The minimum Gasteiger partial charge on any atom is -0.350 e. The van der Waals surface area contributed by atoms with Crippen LogP contribution in [0.4, 0.5) is 0 Å². The van der Waals surface area contributed by atoms with E-state index in [2.05, 4.69) is 43.8 Å². The van der Waals surface area contributed by atoms with Crippen LogP contribution in [0.3, 0.4) is 0 Å². The Morgan fingerprint density at radius 2 is 1.95 bits per heavy atom. The Labute approximate surface area is 122 Å². The van der Waals surface area contributed by atoms with E-state index in [9.17, 15) is 0 Å². The summed E-state index contributed by atoms with van der Waals surface area (Å²) in [6, 6.07) is 4.62. The van der Waals surface area contributed by atoms with E-state index in [0.29, 0.717) is 5.92 Å². The van der Waals surface area contributed by atoms with Crippen LogP contribution >= 0.6 is 0 Å². The van der Waals surface area contributed by atoms with E-state index in [1.165, 1.54) is 53.3 Å². The molecule has 1 aliphatic rings. The van der Waals surface area contributed by atoms with E-state index in [1.54, 1.807) is 0 Å². The number of aryl methyl sites for hydroxylation is 3. The Morgan fingerprint density at radius 1 is 1.25 bits per heavy atom. The molecule has 3 rings (SSSR count). The maximum Gasteiger partial charge on any atom is 0.0510 e. The molecule has 2 heteroatoms. The monoisotopic (exact) mass is 270 g/mol. The molecule has 1 atom stereocenters.